The number of nitrogens with zero attached hydrogens (tertiary/aromatic N) is 3. The number of hydrogen-bond donors (Lipinski definition) is 1. The summed E-state index contributed by atoms with van der Waals surface area (Å²) >= 11 is 0. The van der Waals surface area contributed by atoms with E-state index in [1.54, 1.807) is 12.1 Å². The molecular formula is C23H25N3O2. The molecule has 0 saturated heterocycles. The average Bonchev–Trinajstić information content (AvgIpc) is 3.10. The van der Waals surface area contributed by atoms with Gasteiger partial charge in [0, 0.05) is 12.3 Å². The van der Waals surface area contributed by atoms with Crippen LogP contribution in [0.15, 0.2) is 60.7 Å². The summed E-state index contributed by atoms with van der Waals surface area (Å²) in [6, 6.07) is 15.0. The number of carboxylic acid groups (broad SMARTS) is 1. The van der Waals surface area contributed by atoms with Crippen molar-refractivity contribution in [3.05, 3.63) is 83.5 Å². The SMILES string of the molecule is C/C=C/Cc1nc(C(C)C)nn1Cc1ccc(-c2ccccc2C(=O)O)cc1. The van der Waals surface area contributed by atoms with Crippen LogP contribution >= 0.6 is 0 Å². The van der Waals surface area contributed by atoms with Gasteiger partial charge >= 0.3 is 5.97 Å². The van der Waals surface area contributed by atoms with E-state index < -0.39 is 5.97 Å². The van der Waals surface area contributed by atoms with Crippen molar-refractivity contribution in [2.45, 2.75) is 39.7 Å². The number of rotatable bonds is 7. The zero-order valence-corrected chi connectivity index (χ0v) is 16.5. The van der Waals surface area contributed by atoms with Crippen LogP contribution in [-0.4, -0.2) is 25.8 Å². The summed E-state index contributed by atoms with van der Waals surface area (Å²) in [7, 11) is 0. The van der Waals surface area contributed by atoms with Gasteiger partial charge in [0.05, 0.1) is 12.1 Å². The smallest absolute Gasteiger partial charge is 0.336 e. The van der Waals surface area contributed by atoms with Crippen molar-refractivity contribution < 1.29 is 9.90 Å². The quantitative estimate of drug-likeness (QED) is 0.594. The minimum Gasteiger partial charge on any atom is -0.478 e. The van der Waals surface area contributed by atoms with Gasteiger partial charge in [-0.3, -0.25) is 0 Å². The second-order valence-electron chi connectivity index (χ2n) is 7.02. The molecule has 0 bridgehead atoms. The predicted molar refractivity (Wildman–Crippen MR) is 111 cm³/mol. The third kappa shape index (κ3) is 4.36. The first-order chi connectivity index (χ1) is 13.5. The monoisotopic (exact) mass is 375 g/mol. The Kier molecular flexibility index (Phi) is 6.04. The van der Waals surface area contributed by atoms with E-state index in [2.05, 4.69) is 30.0 Å². The molecule has 3 aromatic rings. The van der Waals surface area contributed by atoms with Gasteiger partial charge in [-0.05, 0) is 29.7 Å². The minimum atomic E-state index is -0.919. The molecule has 0 aliphatic rings. The molecule has 0 fully saturated rings. The first-order valence-electron chi connectivity index (χ1n) is 9.46. The lowest BCUT2D eigenvalue weighted by atomic mass is 9.99. The Balaban J connectivity index is 1.86. The summed E-state index contributed by atoms with van der Waals surface area (Å²) in [4.78, 5) is 16.1. The maximum Gasteiger partial charge on any atom is 0.336 e. The third-order valence-corrected chi connectivity index (χ3v) is 4.57. The summed E-state index contributed by atoms with van der Waals surface area (Å²) in [6.07, 6.45) is 4.85. The first-order valence-corrected chi connectivity index (χ1v) is 9.46. The number of allylic oxidation sites excluding steroid dienone is 2. The molecule has 28 heavy (non-hydrogen) atoms. The molecule has 5 heteroatoms. The average molecular weight is 375 g/mol. The van der Waals surface area contributed by atoms with Crippen molar-refractivity contribution in [1.82, 2.24) is 14.8 Å². The van der Waals surface area contributed by atoms with Crippen molar-refractivity contribution in [1.29, 1.82) is 0 Å². The van der Waals surface area contributed by atoms with Gasteiger partial charge in [-0.1, -0.05) is 68.5 Å². The van der Waals surface area contributed by atoms with E-state index in [1.165, 1.54) is 0 Å². The van der Waals surface area contributed by atoms with E-state index in [0.29, 0.717) is 12.1 Å². The Hall–Kier alpha value is -3.21. The van der Waals surface area contributed by atoms with E-state index in [1.807, 2.05) is 54.1 Å². The van der Waals surface area contributed by atoms with E-state index >= 15 is 0 Å². The van der Waals surface area contributed by atoms with Crippen LogP contribution in [0, 0.1) is 0 Å². The minimum absolute atomic E-state index is 0.278. The lowest BCUT2D eigenvalue weighted by Crippen LogP contribution is -2.07. The van der Waals surface area contributed by atoms with E-state index in [9.17, 15) is 9.90 Å². The van der Waals surface area contributed by atoms with Crippen LogP contribution < -0.4 is 0 Å². The summed E-state index contributed by atoms with van der Waals surface area (Å²) < 4.78 is 1.95. The van der Waals surface area contributed by atoms with Crippen molar-refractivity contribution in [3.63, 3.8) is 0 Å². The van der Waals surface area contributed by atoms with Crippen LogP contribution in [0.3, 0.4) is 0 Å². The number of aromatic nitrogens is 3. The second kappa shape index (κ2) is 8.65. The highest BCUT2D eigenvalue weighted by Gasteiger charge is 2.13. The van der Waals surface area contributed by atoms with Gasteiger partial charge in [-0.25, -0.2) is 14.5 Å². The molecule has 0 saturated carbocycles. The summed E-state index contributed by atoms with van der Waals surface area (Å²) in [5.41, 5.74) is 3.01. The molecule has 0 unspecified atom stereocenters. The van der Waals surface area contributed by atoms with Gasteiger partial charge in [-0.15, -0.1) is 0 Å². The third-order valence-electron chi connectivity index (χ3n) is 4.57. The number of hydrogen-bond acceptors (Lipinski definition) is 3. The molecule has 0 atom stereocenters. The van der Waals surface area contributed by atoms with E-state index in [4.69, 9.17) is 0 Å². The molecule has 5 nitrogen and oxygen atoms in total. The van der Waals surface area contributed by atoms with E-state index in [-0.39, 0.29) is 5.92 Å². The zero-order chi connectivity index (χ0) is 20.1. The molecule has 2 aromatic carbocycles. The molecule has 0 aliphatic carbocycles. The fourth-order valence-corrected chi connectivity index (χ4v) is 3.02. The van der Waals surface area contributed by atoms with E-state index in [0.717, 1.165) is 34.8 Å². The molecule has 0 spiro atoms. The normalized spacial score (nSPS) is 11.4. The van der Waals surface area contributed by atoms with Crippen LogP contribution in [0.4, 0.5) is 0 Å². The molecule has 144 valence electrons. The van der Waals surface area contributed by atoms with Crippen molar-refractivity contribution in [2.24, 2.45) is 0 Å². The van der Waals surface area contributed by atoms with Crippen molar-refractivity contribution in [3.8, 4) is 11.1 Å². The van der Waals surface area contributed by atoms with Gasteiger partial charge in [-0.2, -0.15) is 5.10 Å². The zero-order valence-electron chi connectivity index (χ0n) is 16.5. The molecule has 0 amide bonds. The van der Waals surface area contributed by atoms with Gasteiger partial charge in [0.15, 0.2) is 5.82 Å². The highest BCUT2D eigenvalue weighted by Crippen LogP contribution is 2.24. The van der Waals surface area contributed by atoms with Crippen molar-refractivity contribution >= 4 is 5.97 Å². The van der Waals surface area contributed by atoms with Gasteiger partial charge in [0.2, 0.25) is 0 Å². The van der Waals surface area contributed by atoms with Gasteiger partial charge in [0.25, 0.3) is 0 Å². The predicted octanol–water partition coefficient (Wildman–Crippen LogP) is 4.93. The Morgan fingerprint density at radius 2 is 1.86 bits per heavy atom. The van der Waals surface area contributed by atoms with Crippen LogP contribution in [0.25, 0.3) is 11.1 Å². The topological polar surface area (TPSA) is 68.0 Å². The lowest BCUT2D eigenvalue weighted by molar-refractivity contribution is 0.0697. The lowest BCUT2D eigenvalue weighted by Gasteiger charge is -2.09. The number of carboxylic acids is 1. The number of carbonyl (C=O) groups is 1. The highest BCUT2D eigenvalue weighted by atomic mass is 16.4. The summed E-state index contributed by atoms with van der Waals surface area (Å²) in [5, 5.41) is 14.1. The second-order valence-corrected chi connectivity index (χ2v) is 7.02. The standard InChI is InChI=1S/C23H25N3O2/c1-4-5-10-21-24-22(16(2)3)25-26(21)15-17-11-13-18(14-12-17)19-8-6-7-9-20(19)23(27)28/h4-9,11-14,16H,10,15H2,1-3H3,(H,27,28)/b5-4+. The molecule has 0 aliphatic heterocycles. The van der Waals surface area contributed by atoms with Crippen molar-refractivity contribution in [2.75, 3.05) is 0 Å². The highest BCUT2D eigenvalue weighted by molar-refractivity contribution is 5.95. The maximum atomic E-state index is 11.5. The fraction of sp³-hybridized carbons (Fsp3) is 0.261. The largest absolute Gasteiger partial charge is 0.478 e. The Morgan fingerprint density at radius 3 is 2.50 bits per heavy atom. The van der Waals surface area contributed by atoms with Gasteiger partial charge < -0.3 is 5.11 Å². The Bertz CT molecular complexity index is 985. The summed E-state index contributed by atoms with van der Waals surface area (Å²) in [5.74, 6) is 1.16. The summed E-state index contributed by atoms with van der Waals surface area (Å²) in [6.45, 7) is 6.81. The van der Waals surface area contributed by atoms with Crippen LogP contribution in [0.5, 0.6) is 0 Å². The molecule has 1 aromatic heterocycles. The molecule has 3 rings (SSSR count). The number of aromatic carboxylic acids is 1. The maximum absolute atomic E-state index is 11.5. The van der Waals surface area contributed by atoms with Crippen LogP contribution in [-0.2, 0) is 13.0 Å². The fourth-order valence-electron chi connectivity index (χ4n) is 3.02. The van der Waals surface area contributed by atoms with Crippen LogP contribution in [0.2, 0.25) is 0 Å². The number of benzene rings is 2. The molecule has 1 heterocycles. The van der Waals surface area contributed by atoms with Gasteiger partial charge in [0.1, 0.15) is 5.82 Å². The molecule has 1 N–H and O–H groups in total. The molecule has 0 radical (unpaired) electrons. The Morgan fingerprint density at radius 1 is 1.14 bits per heavy atom. The first kappa shape index (κ1) is 19.5. The van der Waals surface area contributed by atoms with Crippen LogP contribution in [0.1, 0.15) is 54.3 Å². The Labute approximate surface area is 165 Å². The molecular weight excluding hydrogens is 350 g/mol.